The predicted octanol–water partition coefficient (Wildman–Crippen LogP) is 1.13. The third-order valence-electron chi connectivity index (χ3n) is 5.23. The molecule has 9 heteroatoms. The smallest absolute Gasteiger partial charge is 0.231 e. The second-order valence-corrected chi connectivity index (χ2v) is 7.42. The van der Waals surface area contributed by atoms with E-state index in [4.69, 9.17) is 15.2 Å². The molecule has 2 aliphatic heterocycles. The number of piperazine rings is 1. The number of anilines is 2. The van der Waals surface area contributed by atoms with E-state index in [1.807, 2.05) is 25.1 Å². The number of hydrogen-bond acceptors (Lipinski definition) is 9. The number of hydrogen-bond donors (Lipinski definition) is 1. The highest BCUT2D eigenvalue weighted by Crippen LogP contribution is 2.33. The van der Waals surface area contributed by atoms with Gasteiger partial charge in [-0.05, 0) is 24.6 Å². The Kier molecular flexibility index (Phi) is 5.19. The fourth-order valence-electron chi connectivity index (χ4n) is 3.55. The highest BCUT2D eigenvalue weighted by Gasteiger charge is 2.25. The lowest BCUT2D eigenvalue weighted by Crippen LogP contribution is -2.47. The Morgan fingerprint density at radius 1 is 1.07 bits per heavy atom. The van der Waals surface area contributed by atoms with Gasteiger partial charge in [0.05, 0.1) is 6.04 Å². The van der Waals surface area contributed by atoms with Crippen molar-refractivity contribution in [2.24, 2.45) is 0 Å². The Balaban J connectivity index is 1.36. The Hall–Kier alpha value is -2.65. The van der Waals surface area contributed by atoms with Crippen molar-refractivity contribution < 1.29 is 9.47 Å². The summed E-state index contributed by atoms with van der Waals surface area (Å²) < 4.78 is 10.9. The van der Waals surface area contributed by atoms with E-state index in [0.717, 1.165) is 50.0 Å². The number of fused-ring (bicyclic) bond motifs is 1. The molecule has 1 atom stereocenters. The minimum absolute atomic E-state index is 0.0942. The molecule has 2 aliphatic rings. The van der Waals surface area contributed by atoms with E-state index in [2.05, 4.69) is 43.8 Å². The second kappa shape index (κ2) is 7.76. The zero-order chi connectivity index (χ0) is 19.7. The van der Waals surface area contributed by atoms with Crippen molar-refractivity contribution in [1.29, 1.82) is 0 Å². The van der Waals surface area contributed by atoms with Gasteiger partial charge in [-0.15, -0.1) is 0 Å². The molecule has 0 aliphatic carbocycles. The molecule has 3 heterocycles. The van der Waals surface area contributed by atoms with E-state index >= 15 is 0 Å². The van der Waals surface area contributed by atoms with Crippen LogP contribution in [0.1, 0.15) is 24.4 Å². The number of benzene rings is 1. The lowest BCUT2D eigenvalue weighted by Gasteiger charge is -2.37. The van der Waals surface area contributed by atoms with Crippen LogP contribution in [0.3, 0.4) is 0 Å². The van der Waals surface area contributed by atoms with Crippen LogP contribution in [-0.4, -0.2) is 71.8 Å². The maximum atomic E-state index is 5.88. The van der Waals surface area contributed by atoms with Crippen LogP contribution in [-0.2, 0) is 6.54 Å². The van der Waals surface area contributed by atoms with Gasteiger partial charge in [0.2, 0.25) is 18.7 Å². The Morgan fingerprint density at radius 2 is 1.82 bits per heavy atom. The topological polar surface area (TPSA) is 92.9 Å². The highest BCUT2D eigenvalue weighted by molar-refractivity contribution is 5.44. The largest absolute Gasteiger partial charge is 0.454 e. The van der Waals surface area contributed by atoms with Crippen molar-refractivity contribution in [3.63, 3.8) is 0 Å². The minimum atomic E-state index is 0.0942. The van der Waals surface area contributed by atoms with Gasteiger partial charge in [-0.3, -0.25) is 9.80 Å². The molecule has 9 nitrogen and oxygen atoms in total. The molecule has 2 N–H and O–H groups in total. The third-order valence-corrected chi connectivity index (χ3v) is 5.23. The van der Waals surface area contributed by atoms with Gasteiger partial charge in [-0.25, -0.2) is 0 Å². The van der Waals surface area contributed by atoms with E-state index in [1.165, 1.54) is 5.56 Å². The Bertz CT molecular complexity index is 837. The van der Waals surface area contributed by atoms with Gasteiger partial charge < -0.3 is 20.1 Å². The molecule has 0 radical (unpaired) electrons. The first-order valence-corrected chi connectivity index (χ1v) is 9.53. The fraction of sp³-hybridized carbons (Fsp3) is 0.526. The molecule has 150 valence electrons. The summed E-state index contributed by atoms with van der Waals surface area (Å²) in [5, 5.41) is 0. The molecule has 1 aromatic heterocycles. The Labute approximate surface area is 165 Å². The van der Waals surface area contributed by atoms with Gasteiger partial charge in [0.1, 0.15) is 0 Å². The molecule has 0 spiro atoms. The molecular formula is C19H27N7O2. The van der Waals surface area contributed by atoms with E-state index in [0.29, 0.717) is 12.7 Å². The molecule has 1 saturated heterocycles. The normalized spacial score (nSPS) is 18.2. The number of nitrogens with zero attached hydrogens (tertiary/aromatic N) is 6. The van der Waals surface area contributed by atoms with Crippen LogP contribution in [0.25, 0.3) is 0 Å². The first kappa shape index (κ1) is 18.7. The molecular weight excluding hydrogens is 358 g/mol. The Morgan fingerprint density at radius 3 is 2.57 bits per heavy atom. The van der Waals surface area contributed by atoms with E-state index < -0.39 is 0 Å². The van der Waals surface area contributed by atoms with Crippen LogP contribution in [0.2, 0.25) is 0 Å². The predicted molar refractivity (Wildman–Crippen MR) is 106 cm³/mol. The fourth-order valence-corrected chi connectivity index (χ4v) is 3.55. The van der Waals surface area contributed by atoms with Crippen LogP contribution in [0.5, 0.6) is 11.5 Å². The van der Waals surface area contributed by atoms with Crippen molar-refractivity contribution in [3.05, 3.63) is 29.6 Å². The van der Waals surface area contributed by atoms with Crippen LogP contribution < -0.4 is 20.1 Å². The molecule has 0 amide bonds. The molecule has 28 heavy (non-hydrogen) atoms. The summed E-state index contributed by atoms with van der Waals surface area (Å²) in [6, 6.07) is 6.27. The SMILES string of the molecule is C[C@@H](c1nc(N)nc(N(C)C)n1)N1CCN(Cc2ccc3c(c2)OCO3)CC1. The molecule has 1 aromatic carbocycles. The van der Waals surface area contributed by atoms with Gasteiger partial charge in [-0.1, -0.05) is 6.07 Å². The number of rotatable bonds is 5. The first-order valence-electron chi connectivity index (χ1n) is 9.53. The summed E-state index contributed by atoms with van der Waals surface area (Å²) in [6.07, 6.45) is 0. The van der Waals surface area contributed by atoms with Gasteiger partial charge in [-0.2, -0.15) is 15.0 Å². The van der Waals surface area contributed by atoms with Gasteiger partial charge in [0.25, 0.3) is 0 Å². The zero-order valence-electron chi connectivity index (χ0n) is 16.6. The van der Waals surface area contributed by atoms with E-state index in [1.54, 1.807) is 0 Å². The van der Waals surface area contributed by atoms with Crippen molar-refractivity contribution in [2.75, 3.05) is 57.7 Å². The summed E-state index contributed by atoms with van der Waals surface area (Å²) in [7, 11) is 3.80. The van der Waals surface area contributed by atoms with Crippen LogP contribution in [0.15, 0.2) is 18.2 Å². The van der Waals surface area contributed by atoms with Crippen LogP contribution >= 0.6 is 0 Å². The maximum Gasteiger partial charge on any atom is 0.231 e. The summed E-state index contributed by atoms with van der Waals surface area (Å²) in [4.78, 5) is 19.8. The summed E-state index contributed by atoms with van der Waals surface area (Å²) in [5.41, 5.74) is 7.12. The number of nitrogens with two attached hydrogens (primary N) is 1. The van der Waals surface area contributed by atoms with Crippen LogP contribution in [0.4, 0.5) is 11.9 Å². The number of aromatic nitrogens is 3. The van der Waals surface area contributed by atoms with Crippen molar-refractivity contribution in [1.82, 2.24) is 24.8 Å². The summed E-state index contributed by atoms with van der Waals surface area (Å²) >= 11 is 0. The van der Waals surface area contributed by atoms with Gasteiger partial charge in [0.15, 0.2) is 17.3 Å². The second-order valence-electron chi connectivity index (χ2n) is 7.42. The molecule has 0 saturated carbocycles. The van der Waals surface area contributed by atoms with Crippen molar-refractivity contribution in [3.8, 4) is 11.5 Å². The lowest BCUT2D eigenvalue weighted by molar-refractivity contribution is 0.0947. The molecule has 2 aromatic rings. The molecule has 1 fully saturated rings. The maximum absolute atomic E-state index is 5.88. The van der Waals surface area contributed by atoms with E-state index in [9.17, 15) is 0 Å². The van der Waals surface area contributed by atoms with Crippen LogP contribution in [0, 0.1) is 0 Å². The average Bonchev–Trinajstić information content (AvgIpc) is 3.15. The minimum Gasteiger partial charge on any atom is -0.454 e. The highest BCUT2D eigenvalue weighted by atomic mass is 16.7. The standard InChI is InChI=1S/C19H27N7O2/c1-13(17-21-18(20)23-19(22-17)24(2)3)26-8-6-25(7-9-26)11-14-4-5-15-16(10-14)28-12-27-15/h4-5,10,13H,6-9,11-12H2,1-3H3,(H2,20,21,22,23)/t13-/m0/s1. The lowest BCUT2D eigenvalue weighted by atomic mass is 10.1. The van der Waals surface area contributed by atoms with Gasteiger partial charge >= 0.3 is 0 Å². The third kappa shape index (κ3) is 3.95. The monoisotopic (exact) mass is 385 g/mol. The first-order chi connectivity index (χ1) is 13.5. The average molecular weight is 385 g/mol. The van der Waals surface area contributed by atoms with E-state index in [-0.39, 0.29) is 12.0 Å². The summed E-state index contributed by atoms with van der Waals surface area (Å²) in [6.45, 7) is 7.22. The number of ether oxygens (including phenoxy) is 2. The quantitative estimate of drug-likeness (QED) is 0.813. The molecule has 0 unspecified atom stereocenters. The summed E-state index contributed by atoms with van der Waals surface area (Å²) in [5.74, 6) is 3.25. The molecule has 4 rings (SSSR count). The zero-order valence-corrected chi connectivity index (χ0v) is 16.6. The van der Waals surface area contributed by atoms with Crippen molar-refractivity contribution in [2.45, 2.75) is 19.5 Å². The number of nitrogen functional groups attached to an aromatic ring is 1. The van der Waals surface area contributed by atoms with Crippen molar-refractivity contribution >= 4 is 11.9 Å². The van der Waals surface area contributed by atoms with Gasteiger partial charge in [0, 0.05) is 46.8 Å². The molecule has 0 bridgehead atoms.